The van der Waals surface area contributed by atoms with Gasteiger partial charge in [0.1, 0.15) is 30.1 Å². The molecule has 0 aromatic heterocycles. The van der Waals surface area contributed by atoms with E-state index in [0.29, 0.717) is 62.9 Å². The molecule has 0 aromatic rings. The highest BCUT2D eigenvalue weighted by Gasteiger charge is 2.53. The Morgan fingerprint density at radius 3 is 2.28 bits per heavy atom. The zero-order chi connectivity index (χ0) is 50.3. The van der Waals surface area contributed by atoms with Gasteiger partial charge in [0.25, 0.3) is 11.7 Å². The molecule has 1 aliphatic carbocycles. The van der Waals surface area contributed by atoms with E-state index in [2.05, 4.69) is 0 Å². The normalized spacial score (nSPS) is 37.9. The van der Waals surface area contributed by atoms with E-state index in [4.69, 9.17) is 23.7 Å². The monoisotopic (exact) mass is 956 g/mol. The van der Waals surface area contributed by atoms with Crippen LogP contribution < -0.4 is 0 Å². The van der Waals surface area contributed by atoms with Crippen LogP contribution >= 0.6 is 0 Å². The summed E-state index contributed by atoms with van der Waals surface area (Å²) in [6, 6.07) is -1.13. The third-order valence-electron chi connectivity index (χ3n) is 15.4. The summed E-state index contributed by atoms with van der Waals surface area (Å²) < 4.78 is 29.9. The highest BCUT2D eigenvalue weighted by molar-refractivity contribution is 6.39. The second kappa shape index (κ2) is 27.3. The van der Waals surface area contributed by atoms with Crippen LogP contribution in [0.3, 0.4) is 0 Å². The summed E-state index contributed by atoms with van der Waals surface area (Å²) in [5.74, 6) is -7.40. The van der Waals surface area contributed by atoms with Gasteiger partial charge in [-0.1, -0.05) is 71.1 Å². The zero-order valence-electron chi connectivity index (χ0n) is 42.7. The van der Waals surface area contributed by atoms with E-state index in [1.165, 1.54) is 12.0 Å². The molecule has 3 heterocycles. The van der Waals surface area contributed by atoms with Gasteiger partial charge < -0.3 is 43.9 Å². The van der Waals surface area contributed by atoms with E-state index >= 15 is 0 Å². The van der Waals surface area contributed by atoms with E-state index < -0.39 is 77.8 Å². The Hall–Kier alpha value is -3.37. The largest absolute Gasteiger partial charge is 0.460 e. The number of esters is 1. The third-order valence-corrected chi connectivity index (χ3v) is 15.4. The highest BCUT2D eigenvalue weighted by Crippen LogP contribution is 2.39. The van der Waals surface area contributed by atoms with Crippen molar-refractivity contribution in [2.45, 2.75) is 187 Å². The summed E-state index contributed by atoms with van der Waals surface area (Å²) in [6.45, 7) is 13.0. The number of methoxy groups -OCH3 is 3. The van der Waals surface area contributed by atoms with Crippen molar-refractivity contribution in [2.75, 3.05) is 34.5 Å². The molecule has 384 valence electrons. The van der Waals surface area contributed by atoms with Crippen LogP contribution in [0.4, 0.5) is 0 Å². The third kappa shape index (κ3) is 15.3. The topological polar surface area (TPSA) is 195 Å². The summed E-state index contributed by atoms with van der Waals surface area (Å²) in [5.41, 5.74) is 1.28. The van der Waals surface area contributed by atoms with Crippen molar-refractivity contribution in [3.05, 3.63) is 47.6 Å². The number of rotatable bonds is 9. The average molecular weight is 956 g/mol. The molecule has 4 aliphatic rings. The summed E-state index contributed by atoms with van der Waals surface area (Å²) in [6.07, 6.45) is 14.7. The Labute approximate surface area is 406 Å². The van der Waals surface area contributed by atoms with E-state index in [0.717, 1.165) is 31.3 Å². The van der Waals surface area contributed by atoms with Crippen molar-refractivity contribution in [2.24, 2.45) is 41.4 Å². The van der Waals surface area contributed by atoms with E-state index in [1.54, 1.807) is 41.1 Å². The number of hydrogen-bond donors (Lipinski definition) is 3. The number of fused-ring (bicyclic) bond motifs is 3. The summed E-state index contributed by atoms with van der Waals surface area (Å²) in [5, 5.41) is 32.9. The lowest BCUT2D eigenvalue weighted by atomic mass is 9.74. The van der Waals surface area contributed by atoms with Gasteiger partial charge in [-0.05, 0) is 126 Å². The van der Waals surface area contributed by atoms with Crippen molar-refractivity contribution in [3.8, 4) is 0 Å². The number of hydrogen-bond acceptors (Lipinski definition) is 13. The predicted molar refractivity (Wildman–Crippen MR) is 259 cm³/mol. The molecular formula is C54H85NO13. The minimum Gasteiger partial charge on any atom is -0.460 e. The van der Waals surface area contributed by atoms with Crippen molar-refractivity contribution in [3.63, 3.8) is 0 Å². The van der Waals surface area contributed by atoms with Gasteiger partial charge in [-0.2, -0.15) is 0 Å². The van der Waals surface area contributed by atoms with Gasteiger partial charge in [0.05, 0.1) is 18.3 Å². The molecule has 68 heavy (non-hydrogen) atoms. The number of nitrogens with zero attached hydrogens (tertiary/aromatic N) is 1. The lowest BCUT2D eigenvalue weighted by molar-refractivity contribution is -0.265. The van der Waals surface area contributed by atoms with Crippen LogP contribution in [0.2, 0.25) is 0 Å². The molecule has 0 aromatic carbocycles. The molecule has 4 rings (SSSR count). The molecule has 3 fully saturated rings. The highest BCUT2D eigenvalue weighted by atomic mass is 16.6. The maximum absolute atomic E-state index is 14.5. The minimum absolute atomic E-state index is 0.0103. The zero-order valence-corrected chi connectivity index (χ0v) is 42.7. The molecule has 2 bridgehead atoms. The van der Waals surface area contributed by atoms with E-state index in [-0.39, 0.29) is 61.4 Å². The van der Waals surface area contributed by atoms with E-state index in [1.807, 2.05) is 58.1 Å². The maximum atomic E-state index is 14.5. The number of piperidine rings is 1. The number of carbonyl (C=O) groups excluding carboxylic acids is 5. The summed E-state index contributed by atoms with van der Waals surface area (Å²) in [4.78, 5) is 72.2. The number of ether oxygens (including phenoxy) is 5. The number of amides is 1. The van der Waals surface area contributed by atoms with Crippen LogP contribution in [0.25, 0.3) is 0 Å². The number of allylic oxidation sites excluding steroid dienone is 6. The molecule has 14 heteroatoms. The van der Waals surface area contributed by atoms with Crippen molar-refractivity contribution < 1.29 is 63.0 Å². The molecule has 0 spiro atoms. The van der Waals surface area contributed by atoms with Gasteiger partial charge >= 0.3 is 5.97 Å². The molecule has 2 saturated heterocycles. The average Bonchev–Trinajstić information content (AvgIpc) is 3.32. The Bertz CT molecular complexity index is 1810. The van der Waals surface area contributed by atoms with Gasteiger partial charge in [0.2, 0.25) is 5.79 Å². The molecule has 3 aliphatic heterocycles. The fourth-order valence-electron chi connectivity index (χ4n) is 10.9. The SMILES string of the molecule is COC1CC2CCC(C)C(O)(O2)C(=O)C(=O)N2CCCCC2C(=O)OC(C(C)CC2CCC(CCCO)C(OC)C2)CC(=O)C(C)/C=C(\C)C(O)C(OC)C(=O)C(C)CC(C)/C=C/C=CC=C1C. The van der Waals surface area contributed by atoms with Gasteiger partial charge in [0.15, 0.2) is 5.78 Å². The molecule has 1 amide bonds. The number of carbonyl (C=O) groups is 5. The van der Waals surface area contributed by atoms with Gasteiger partial charge in [-0.25, -0.2) is 4.79 Å². The first kappa shape index (κ1) is 57.2. The smallest absolute Gasteiger partial charge is 0.329 e. The number of aliphatic hydroxyl groups is 3. The summed E-state index contributed by atoms with van der Waals surface area (Å²) in [7, 11) is 4.68. The number of cyclic esters (lactones) is 1. The van der Waals surface area contributed by atoms with Crippen LogP contribution in [-0.2, 0) is 47.7 Å². The molecular weight excluding hydrogens is 871 g/mol. The standard InChI is InChI=1S/C54H85NO13/c1-33-17-12-11-13-18-34(2)45(64-8)31-42-24-21-39(7)54(63,68-42)51(60)52(61)55-25-15-14-20-43(55)53(62)67-46(36(4)29-40-22-23-41(19-16-26-56)47(30-40)65-9)32-44(57)35(3)28-38(6)49(59)50(66-10)48(58)37(5)27-33/h11-13,17-18,28,33,35-37,39-43,45-47,49-50,56,59,63H,14-16,19-27,29-32H2,1-10H3/b13-11?,17-12+,34-18?,38-28+. The quantitative estimate of drug-likeness (QED) is 0.119. The fourth-order valence-corrected chi connectivity index (χ4v) is 10.9. The first-order valence-corrected chi connectivity index (χ1v) is 25.4. The van der Waals surface area contributed by atoms with Crippen molar-refractivity contribution in [1.82, 2.24) is 4.90 Å². The molecule has 1 saturated carbocycles. The number of ketones is 3. The predicted octanol–water partition coefficient (Wildman–Crippen LogP) is 7.21. The second-order valence-electron chi connectivity index (χ2n) is 20.6. The lowest BCUT2D eigenvalue weighted by Gasteiger charge is -2.42. The van der Waals surface area contributed by atoms with Gasteiger partial charge in [-0.3, -0.25) is 19.2 Å². The molecule has 3 N–H and O–H groups in total. The van der Waals surface area contributed by atoms with Crippen LogP contribution in [0, 0.1) is 41.4 Å². The van der Waals surface area contributed by atoms with Crippen LogP contribution in [0.5, 0.6) is 0 Å². The Morgan fingerprint density at radius 1 is 0.868 bits per heavy atom. The number of aliphatic hydroxyl groups excluding tert-OH is 2. The van der Waals surface area contributed by atoms with Crippen LogP contribution in [0.1, 0.15) is 138 Å². The Morgan fingerprint density at radius 2 is 1.60 bits per heavy atom. The fraction of sp³-hybridized carbons (Fsp3) is 0.759. The second-order valence-corrected chi connectivity index (χ2v) is 20.6. The minimum atomic E-state index is -2.42. The van der Waals surface area contributed by atoms with Crippen molar-refractivity contribution >= 4 is 29.2 Å². The van der Waals surface area contributed by atoms with Gasteiger partial charge in [-0.15, -0.1) is 0 Å². The molecule has 14 nitrogen and oxygen atoms in total. The molecule has 15 unspecified atom stereocenters. The van der Waals surface area contributed by atoms with Gasteiger partial charge in [0, 0.05) is 65.1 Å². The van der Waals surface area contributed by atoms with Crippen LogP contribution in [0.15, 0.2) is 47.6 Å². The lowest BCUT2D eigenvalue weighted by Crippen LogP contribution is -2.61. The summed E-state index contributed by atoms with van der Waals surface area (Å²) >= 11 is 0. The van der Waals surface area contributed by atoms with E-state index in [9.17, 15) is 39.3 Å². The van der Waals surface area contributed by atoms with Crippen LogP contribution in [-0.4, -0.2) is 132 Å². The molecule has 15 atom stereocenters. The molecule has 0 radical (unpaired) electrons. The Balaban J connectivity index is 1.70. The first-order chi connectivity index (χ1) is 32.3. The number of Topliss-reactive ketones (excluding diaryl/α,β-unsaturated/α-hetero) is 3. The maximum Gasteiger partial charge on any atom is 0.329 e. The first-order valence-electron chi connectivity index (χ1n) is 25.4. The Kier molecular flexibility index (Phi) is 23.0. The van der Waals surface area contributed by atoms with Crippen molar-refractivity contribution in [1.29, 1.82) is 0 Å².